The summed E-state index contributed by atoms with van der Waals surface area (Å²) in [6.07, 6.45) is 2.60. The lowest BCUT2D eigenvalue weighted by Crippen LogP contribution is -2.38. The number of benzene rings is 1. The van der Waals surface area contributed by atoms with Gasteiger partial charge in [0.25, 0.3) is 0 Å². The number of rotatable bonds is 2. The van der Waals surface area contributed by atoms with Crippen LogP contribution in [0.15, 0.2) is 18.2 Å². The Morgan fingerprint density at radius 1 is 1.33 bits per heavy atom. The Bertz CT molecular complexity index is 432. The second-order valence-corrected chi connectivity index (χ2v) is 6.79. The van der Waals surface area contributed by atoms with E-state index in [9.17, 15) is 0 Å². The summed E-state index contributed by atoms with van der Waals surface area (Å²) >= 11 is 0. The van der Waals surface area contributed by atoms with Gasteiger partial charge in [0.15, 0.2) is 0 Å². The van der Waals surface area contributed by atoms with Gasteiger partial charge in [-0.15, -0.1) is 0 Å². The summed E-state index contributed by atoms with van der Waals surface area (Å²) in [4.78, 5) is 0. The van der Waals surface area contributed by atoms with Crippen molar-refractivity contribution in [1.82, 2.24) is 0 Å². The molecule has 0 N–H and O–H groups in total. The van der Waals surface area contributed by atoms with E-state index < -0.39 is 0 Å². The Balaban J connectivity index is 2.58. The highest BCUT2D eigenvalue weighted by Crippen LogP contribution is 2.50. The van der Waals surface area contributed by atoms with Crippen LogP contribution in [0.3, 0.4) is 0 Å². The van der Waals surface area contributed by atoms with Crippen molar-refractivity contribution in [3.05, 3.63) is 34.9 Å². The van der Waals surface area contributed by atoms with Crippen molar-refractivity contribution in [2.24, 2.45) is 11.8 Å². The maximum absolute atomic E-state index is 2.48. The van der Waals surface area contributed by atoms with Crippen LogP contribution in [-0.2, 0) is 5.41 Å². The van der Waals surface area contributed by atoms with Crippen LogP contribution in [0.25, 0.3) is 0 Å². The third kappa shape index (κ3) is 2.00. The monoisotopic (exact) mass is 244 g/mol. The lowest BCUT2D eigenvalue weighted by molar-refractivity contribution is 0.210. The van der Waals surface area contributed by atoms with Gasteiger partial charge in [-0.2, -0.15) is 0 Å². The molecule has 2 rings (SSSR count). The van der Waals surface area contributed by atoms with E-state index in [1.54, 1.807) is 11.1 Å². The normalized spacial score (nSPS) is 33.0. The van der Waals surface area contributed by atoms with Crippen LogP contribution < -0.4 is 0 Å². The molecule has 0 amide bonds. The number of fused-ring (bicyclic) bond motifs is 1. The molecular formula is C18H28. The zero-order chi connectivity index (χ0) is 13.5. The molecule has 0 fully saturated rings. The molecule has 0 heterocycles. The summed E-state index contributed by atoms with van der Waals surface area (Å²) in [7, 11) is 0. The predicted octanol–water partition coefficient (Wildman–Crippen LogP) is 5.44. The molecular weight excluding hydrogens is 216 g/mol. The van der Waals surface area contributed by atoms with E-state index in [1.165, 1.54) is 18.4 Å². The highest BCUT2D eigenvalue weighted by Gasteiger charge is 2.41. The van der Waals surface area contributed by atoms with Crippen molar-refractivity contribution in [3.63, 3.8) is 0 Å². The van der Waals surface area contributed by atoms with Crippen LogP contribution >= 0.6 is 0 Å². The van der Waals surface area contributed by atoms with Gasteiger partial charge in [0.2, 0.25) is 0 Å². The molecule has 1 aromatic rings. The fourth-order valence-corrected chi connectivity index (χ4v) is 3.76. The van der Waals surface area contributed by atoms with E-state index >= 15 is 0 Å². The van der Waals surface area contributed by atoms with E-state index in [-0.39, 0.29) is 0 Å². The third-order valence-electron chi connectivity index (χ3n) is 5.61. The molecule has 1 aliphatic rings. The lowest BCUT2D eigenvalue weighted by Gasteiger charge is -2.46. The summed E-state index contributed by atoms with van der Waals surface area (Å²) in [5.74, 6) is 2.25. The maximum atomic E-state index is 2.48. The molecule has 1 aliphatic carbocycles. The van der Waals surface area contributed by atoms with Gasteiger partial charge in [0.05, 0.1) is 0 Å². The third-order valence-corrected chi connectivity index (χ3v) is 5.61. The molecule has 4 unspecified atom stereocenters. The molecule has 0 aliphatic heterocycles. The molecule has 100 valence electrons. The molecule has 0 heteroatoms. The van der Waals surface area contributed by atoms with Gasteiger partial charge >= 0.3 is 0 Å². The first-order chi connectivity index (χ1) is 8.40. The number of hydrogen-bond acceptors (Lipinski definition) is 0. The van der Waals surface area contributed by atoms with Gasteiger partial charge in [0, 0.05) is 0 Å². The van der Waals surface area contributed by atoms with Crippen LogP contribution in [0.5, 0.6) is 0 Å². The minimum atomic E-state index is 0.365. The number of aryl methyl sites for hydroxylation is 1. The zero-order valence-corrected chi connectivity index (χ0v) is 12.9. The smallest absolute Gasteiger partial charge is 0.00442 e. The van der Waals surface area contributed by atoms with E-state index in [2.05, 4.69) is 59.7 Å². The molecule has 0 radical (unpaired) electrons. The van der Waals surface area contributed by atoms with E-state index in [1.807, 2.05) is 0 Å². The predicted molar refractivity (Wildman–Crippen MR) is 80.2 cm³/mol. The first kappa shape index (κ1) is 13.6. The van der Waals surface area contributed by atoms with Crippen molar-refractivity contribution < 1.29 is 0 Å². The standard InChI is InChI=1S/C18H28/c1-7-14(4)18(6)11-13(3)15(5)16-10-12(2)8-9-17(16)18/h8-10,13-15H,7,11H2,1-6H3. The number of hydrogen-bond donors (Lipinski definition) is 0. The quantitative estimate of drug-likeness (QED) is 0.649. The summed E-state index contributed by atoms with van der Waals surface area (Å²) in [5, 5.41) is 0. The van der Waals surface area contributed by atoms with Gasteiger partial charge in [-0.3, -0.25) is 0 Å². The van der Waals surface area contributed by atoms with Gasteiger partial charge in [-0.1, -0.05) is 64.8 Å². The molecule has 0 spiro atoms. The fraction of sp³-hybridized carbons (Fsp3) is 0.667. The van der Waals surface area contributed by atoms with Gasteiger partial charge < -0.3 is 0 Å². The van der Waals surface area contributed by atoms with Gasteiger partial charge in [-0.25, -0.2) is 0 Å². The van der Waals surface area contributed by atoms with Gasteiger partial charge in [0.1, 0.15) is 0 Å². The van der Waals surface area contributed by atoms with Crippen molar-refractivity contribution in [2.75, 3.05) is 0 Å². The van der Waals surface area contributed by atoms with Crippen molar-refractivity contribution >= 4 is 0 Å². The van der Waals surface area contributed by atoms with Crippen LogP contribution in [0.2, 0.25) is 0 Å². The Morgan fingerprint density at radius 3 is 2.61 bits per heavy atom. The summed E-state index contributed by atoms with van der Waals surface area (Å²) < 4.78 is 0. The fourth-order valence-electron chi connectivity index (χ4n) is 3.76. The van der Waals surface area contributed by atoms with Gasteiger partial charge in [-0.05, 0) is 47.6 Å². The van der Waals surface area contributed by atoms with Crippen molar-refractivity contribution in [3.8, 4) is 0 Å². The highest BCUT2D eigenvalue weighted by molar-refractivity contribution is 5.42. The first-order valence-electron chi connectivity index (χ1n) is 7.51. The Hall–Kier alpha value is -0.780. The molecule has 0 saturated heterocycles. The molecule has 0 nitrogen and oxygen atoms in total. The first-order valence-corrected chi connectivity index (χ1v) is 7.51. The largest absolute Gasteiger partial charge is 0.0651 e. The molecule has 4 atom stereocenters. The molecule has 1 aromatic carbocycles. The second kappa shape index (κ2) is 4.72. The highest BCUT2D eigenvalue weighted by atomic mass is 14.4. The second-order valence-electron chi connectivity index (χ2n) is 6.79. The van der Waals surface area contributed by atoms with Crippen molar-refractivity contribution in [2.45, 2.75) is 65.7 Å². The Morgan fingerprint density at radius 2 is 2.00 bits per heavy atom. The summed E-state index contributed by atoms with van der Waals surface area (Å²) in [5.41, 5.74) is 5.00. The minimum absolute atomic E-state index is 0.365. The Kier molecular flexibility index (Phi) is 3.58. The minimum Gasteiger partial charge on any atom is -0.0651 e. The van der Waals surface area contributed by atoms with Crippen molar-refractivity contribution in [1.29, 1.82) is 0 Å². The van der Waals surface area contributed by atoms with E-state index in [0.717, 1.165) is 11.8 Å². The van der Waals surface area contributed by atoms with Crippen LogP contribution in [0.1, 0.15) is 70.1 Å². The average Bonchev–Trinajstić information content (AvgIpc) is 2.34. The zero-order valence-electron chi connectivity index (χ0n) is 12.9. The maximum Gasteiger partial charge on any atom is -0.00442 e. The molecule has 0 aromatic heterocycles. The molecule has 0 bridgehead atoms. The Labute approximate surface area is 113 Å². The van der Waals surface area contributed by atoms with Crippen LogP contribution in [0.4, 0.5) is 0 Å². The lowest BCUT2D eigenvalue weighted by atomic mass is 9.58. The topological polar surface area (TPSA) is 0 Å². The van der Waals surface area contributed by atoms with E-state index in [4.69, 9.17) is 0 Å². The van der Waals surface area contributed by atoms with E-state index in [0.29, 0.717) is 11.3 Å². The SMILES string of the molecule is CCC(C)C1(C)CC(C)C(C)c2cc(C)ccc21. The van der Waals surface area contributed by atoms with Crippen LogP contribution in [0, 0.1) is 18.8 Å². The summed E-state index contributed by atoms with van der Waals surface area (Å²) in [6, 6.07) is 7.12. The average molecular weight is 244 g/mol. The molecule has 18 heavy (non-hydrogen) atoms. The van der Waals surface area contributed by atoms with Crippen LogP contribution in [-0.4, -0.2) is 0 Å². The summed E-state index contributed by atoms with van der Waals surface area (Å²) in [6.45, 7) is 14.3. The molecule has 0 saturated carbocycles.